The Morgan fingerprint density at radius 1 is 1.22 bits per heavy atom. The van der Waals surface area contributed by atoms with E-state index in [1.807, 2.05) is 24.3 Å². The molecule has 2 N–H and O–H groups in total. The zero-order chi connectivity index (χ0) is 13.0. The number of carbonyl (C=O) groups excluding carboxylic acids is 1. The van der Waals surface area contributed by atoms with Crippen LogP contribution in [0.15, 0.2) is 24.3 Å². The van der Waals surface area contributed by atoms with E-state index >= 15 is 0 Å². The highest BCUT2D eigenvalue weighted by Gasteiger charge is 2.19. The molecule has 1 aliphatic carbocycles. The van der Waals surface area contributed by atoms with E-state index in [2.05, 4.69) is 6.92 Å². The topological polar surface area (TPSA) is 52.3 Å². The lowest BCUT2D eigenvalue weighted by atomic mass is 9.79. The number of hydrogen-bond donors (Lipinski definition) is 1. The van der Waals surface area contributed by atoms with Crippen molar-refractivity contribution in [2.45, 2.75) is 38.5 Å². The molecule has 0 saturated heterocycles. The van der Waals surface area contributed by atoms with Gasteiger partial charge in [0.2, 0.25) is 0 Å². The second-order valence-corrected chi connectivity index (χ2v) is 5.18. The van der Waals surface area contributed by atoms with Gasteiger partial charge in [0.15, 0.2) is 0 Å². The molecule has 18 heavy (non-hydrogen) atoms. The number of benzene rings is 1. The third kappa shape index (κ3) is 3.10. The van der Waals surface area contributed by atoms with Crippen molar-refractivity contribution >= 4 is 5.97 Å². The summed E-state index contributed by atoms with van der Waals surface area (Å²) < 4.78 is 4.77. The predicted octanol–water partition coefficient (Wildman–Crippen LogP) is 3.05. The van der Waals surface area contributed by atoms with Gasteiger partial charge in [0, 0.05) is 0 Å². The van der Waals surface area contributed by atoms with Crippen LogP contribution in [0.5, 0.6) is 0 Å². The molecule has 3 heteroatoms. The summed E-state index contributed by atoms with van der Waals surface area (Å²) in [5.41, 5.74) is 7.10. The maximum atomic E-state index is 11.5. The normalized spacial score (nSPS) is 23.7. The molecule has 0 amide bonds. The van der Waals surface area contributed by atoms with Gasteiger partial charge in [-0.1, -0.05) is 31.9 Å². The molecule has 0 aromatic heterocycles. The Kier molecular flexibility index (Phi) is 4.37. The summed E-state index contributed by atoms with van der Waals surface area (Å²) in [6.45, 7) is 2.25. The zero-order valence-electron chi connectivity index (χ0n) is 10.9. The molecule has 1 aromatic rings. The first kappa shape index (κ1) is 13.1. The van der Waals surface area contributed by atoms with Crippen molar-refractivity contribution in [3.8, 4) is 0 Å². The van der Waals surface area contributed by atoms with E-state index in [0.29, 0.717) is 11.5 Å². The van der Waals surface area contributed by atoms with Crippen LogP contribution in [-0.2, 0) is 4.74 Å². The molecule has 1 fully saturated rings. The highest BCUT2D eigenvalue weighted by molar-refractivity contribution is 5.89. The van der Waals surface area contributed by atoms with Crippen LogP contribution >= 0.6 is 0 Å². The summed E-state index contributed by atoms with van der Waals surface area (Å²) >= 11 is 0. The van der Waals surface area contributed by atoms with Gasteiger partial charge in [-0.25, -0.2) is 4.79 Å². The predicted molar refractivity (Wildman–Crippen MR) is 71.3 cm³/mol. The van der Waals surface area contributed by atoms with Gasteiger partial charge in [0.05, 0.1) is 5.56 Å². The summed E-state index contributed by atoms with van der Waals surface area (Å²) in [6.07, 6.45) is 5.13. The molecule has 0 heterocycles. The monoisotopic (exact) mass is 247 g/mol. The quantitative estimate of drug-likeness (QED) is 0.659. The largest absolute Gasteiger partial charge is 0.446 e. The van der Waals surface area contributed by atoms with Crippen LogP contribution in [-0.4, -0.2) is 12.7 Å². The number of hydrogen-bond acceptors (Lipinski definition) is 3. The first-order valence-electron chi connectivity index (χ1n) is 6.68. The summed E-state index contributed by atoms with van der Waals surface area (Å²) in [5.74, 6) is 1.17. The van der Waals surface area contributed by atoms with E-state index in [1.165, 1.54) is 31.2 Å². The maximum Gasteiger partial charge on any atom is 0.339 e. The number of rotatable bonds is 3. The first-order valence-corrected chi connectivity index (χ1v) is 6.68. The average molecular weight is 247 g/mol. The fraction of sp³-hybridized carbons (Fsp3) is 0.533. The van der Waals surface area contributed by atoms with Gasteiger partial charge in [0.1, 0.15) is 6.73 Å². The Hall–Kier alpha value is -1.35. The molecule has 1 aromatic carbocycles. The Morgan fingerprint density at radius 3 is 2.39 bits per heavy atom. The van der Waals surface area contributed by atoms with Gasteiger partial charge in [-0.3, -0.25) is 5.73 Å². The van der Waals surface area contributed by atoms with E-state index in [9.17, 15) is 4.79 Å². The molecule has 0 bridgehead atoms. The maximum absolute atomic E-state index is 11.5. The van der Waals surface area contributed by atoms with E-state index in [0.717, 1.165) is 5.92 Å². The van der Waals surface area contributed by atoms with Crippen molar-refractivity contribution in [1.82, 2.24) is 0 Å². The van der Waals surface area contributed by atoms with Crippen LogP contribution in [0.1, 0.15) is 54.4 Å². The number of carbonyl (C=O) groups is 1. The second-order valence-electron chi connectivity index (χ2n) is 5.18. The van der Waals surface area contributed by atoms with Crippen LogP contribution in [0, 0.1) is 5.92 Å². The molecule has 0 unspecified atom stereocenters. The molecule has 1 saturated carbocycles. The van der Waals surface area contributed by atoms with Gasteiger partial charge in [-0.05, 0) is 42.4 Å². The van der Waals surface area contributed by atoms with Crippen LogP contribution < -0.4 is 5.73 Å². The average Bonchev–Trinajstić information content (AvgIpc) is 2.40. The number of ether oxygens (including phenoxy) is 1. The highest BCUT2D eigenvalue weighted by Crippen LogP contribution is 2.35. The molecular formula is C15H21NO2. The summed E-state index contributed by atoms with van der Waals surface area (Å²) in [7, 11) is 0. The van der Waals surface area contributed by atoms with Crippen LogP contribution in [0.25, 0.3) is 0 Å². The lowest BCUT2D eigenvalue weighted by Crippen LogP contribution is -2.13. The zero-order valence-corrected chi connectivity index (χ0v) is 10.9. The van der Waals surface area contributed by atoms with Gasteiger partial charge in [0.25, 0.3) is 0 Å². The van der Waals surface area contributed by atoms with Gasteiger partial charge in [-0.2, -0.15) is 0 Å². The standard InChI is InChI=1S/C15H21NO2/c1-11-2-4-12(5-3-11)13-6-8-14(9-7-13)15(17)18-10-16/h6-9,11-12H,2-5,10,16H2,1H3. The highest BCUT2D eigenvalue weighted by atomic mass is 16.5. The molecular weight excluding hydrogens is 226 g/mol. The fourth-order valence-corrected chi connectivity index (χ4v) is 2.64. The minimum Gasteiger partial charge on any atom is -0.446 e. The first-order chi connectivity index (χ1) is 8.70. The summed E-state index contributed by atoms with van der Waals surface area (Å²) in [6, 6.07) is 7.78. The Bertz CT molecular complexity index is 391. The number of nitrogens with two attached hydrogens (primary N) is 1. The number of esters is 1. The van der Waals surface area contributed by atoms with Gasteiger partial charge >= 0.3 is 5.97 Å². The third-order valence-corrected chi connectivity index (χ3v) is 3.85. The Morgan fingerprint density at radius 2 is 1.83 bits per heavy atom. The van der Waals surface area contributed by atoms with Crippen molar-refractivity contribution < 1.29 is 9.53 Å². The van der Waals surface area contributed by atoms with Gasteiger partial charge in [-0.15, -0.1) is 0 Å². The summed E-state index contributed by atoms with van der Waals surface area (Å²) in [4.78, 5) is 11.5. The molecule has 0 aliphatic heterocycles. The van der Waals surface area contributed by atoms with E-state index < -0.39 is 0 Å². The minimum absolute atomic E-state index is 0.0684. The van der Waals surface area contributed by atoms with E-state index in [-0.39, 0.29) is 12.7 Å². The second kappa shape index (κ2) is 6.01. The molecule has 0 atom stereocenters. The smallest absolute Gasteiger partial charge is 0.339 e. The molecule has 0 radical (unpaired) electrons. The molecule has 1 aliphatic rings. The molecule has 98 valence electrons. The van der Waals surface area contributed by atoms with Crippen LogP contribution in [0.2, 0.25) is 0 Å². The Balaban J connectivity index is 2.01. The van der Waals surface area contributed by atoms with E-state index in [4.69, 9.17) is 10.5 Å². The molecule has 3 nitrogen and oxygen atoms in total. The van der Waals surface area contributed by atoms with Crippen molar-refractivity contribution in [1.29, 1.82) is 0 Å². The fourth-order valence-electron chi connectivity index (χ4n) is 2.64. The van der Waals surface area contributed by atoms with Crippen LogP contribution in [0.4, 0.5) is 0 Å². The van der Waals surface area contributed by atoms with Crippen molar-refractivity contribution in [2.75, 3.05) is 6.73 Å². The van der Waals surface area contributed by atoms with Crippen LogP contribution in [0.3, 0.4) is 0 Å². The Labute approximate surface area is 108 Å². The lowest BCUT2D eigenvalue weighted by Gasteiger charge is -2.26. The van der Waals surface area contributed by atoms with Crippen molar-refractivity contribution in [3.05, 3.63) is 35.4 Å². The van der Waals surface area contributed by atoms with Crippen molar-refractivity contribution in [3.63, 3.8) is 0 Å². The van der Waals surface area contributed by atoms with Crippen molar-refractivity contribution in [2.24, 2.45) is 11.7 Å². The van der Waals surface area contributed by atoms with E-state index in [1.54, 1.807) is 0 Å². The SMILES string of the molecule is CC1CCC(c2ccc(C(=O)OCN)cc2)CC1. The third-order valence-electron chi connectivity index (χ3n) is 3.85. The van der Waals surface area contributed by atoms with Gasteiger partial charge < -0.3 is 4.74 Å². The molecule has 0 spiro atoms. The summed E-state index contributed by atoms with van der Waals surface area (Å²) in [5, 5.41) is 0. The lowest BCUT2D eigenvalue weighted by molar-refractivity contribution is 0.0515. The molecule has 2 rings (SSSR count). The minimum atomic E-state index is -0.346.